The van der Waals surface area contributed by atoms with Crippen LogP contribution in [0.25, 0.3) is 0 Å². The molecule has 0 N–H and O–H groups in total. The van der Waals surface area contributed by atoms with Gasteiger partial charge in [0, 0.05) is 0 Å². The molecule has 3 rings (SSSR count). The van der Waals surface area contributed by atoms with Crippen LogP contribution in [0, 0.1) is 13.8 Å². The number of anilines is 1. The van der Waals surface area contributed by atoms with Crippen molar-refractivity contribution in [3.05, 3.63) is 64.2 Å². The number of urea groups is 1. The van der Waals surface area contributed by atoms with Gasteiger partial charge in [-0.1, -0.05) is 29.8 Å². The Hall–Kier alpha value is -2.99. The highest BCUT2D eigenvalue weighted by atomic mass is 35.5. The van der Waals surface area contributed by atoms with Gasteiger partial charge in [-0.25, -0.2) is 9.69 Å². The fraction of sp³-hybridized carbons (Fsp3) is 0.111. The van der Waals surface area contributed by atoms with Crippen LogP contribution >= 0.6 is 11.6 Å². The van der Waals surface area contributed by atoms with Gasteiger partial charge >= 0.3 is 17.8 Å². The van der Waals surface area contributed by atoms with Gasteiger partial charge in [-0.3, -0.25) is 14.4 Å². The Morgan fingerprint density at radius 2 is 1.52 bits per heavy atom. The lowest BCUT2D eigenvalue weighted by Gasteiger charge is -2.16. The highest BCUT2D eigenvalue weighted by molar-refractivity contribution is 6.56. The van der Waals surface area contributed by atoms with Crippen LogP contribution in [0.1, 0.15) is 21.5 Å². The normalized spacial score (nSPS) is 14.4. The quantitative estimate of drug-likeness (QED) is 0.471. The Balaban J connectivity index is 2.03. The summed E-state index contributed by atoms with van der Waals surface area (Å²) in [4.78, 5) is 50.8. The smallest absolute Gasteiger partial charge is 0.268 e. The molecule has 25 heavy (non-hydrogen) atoms. The second-order valence-electron chi connectivity index (χ2n) is 5.69. The van der Waals surface area contributed by atoms with Crippen LogP contribution < -0.4 is 4.90 Å². The summed E-state index contributed by atoms with van der Waals surface area (Å²) in [5, 5.41) is 0.0883. The first-order valence-electron chi connectivity index (χ1n) is 7.41. The fourth-order valence-electron chi connectivity index (χ4n) is 2.71. The highest BCUT2D eigenvalue weighted by Gasteiger charge is 2.49. The SMILES string of the molecule is Cc1cc(C)cc(N2C(=O)C(=O)N(C(=O)c3ccccc3Cl)C2=O)c1. The lowest BCUT2D eigenvalue weighted by Crippen LogP contribution is -2.38. The largest absolute Gasteiger partial charge is 0.346 e. The van der Waals surface area contributed by atoms with Crippen molar-refractivity contribution in [3.63, 3.8) is 0 Å². The summed E-state index contributed by atoms with van der Waals surface area (Å²) in [6.45, 7) is 3.60. The molecular formula is C18H13ClN2O4. The molecule has 1 aliphatic heterocycles. The first-order chi connectivity index (χ1) is 11.8. The van der Waals surface area contributed by atoms with Crippen molar-refractivity contribution in [2.45, 2.75) is 13.8 Å². The summed E-state index contributed by atoms with van der Waals surface area (Å²) in [5.74, 6) is -3.20. The molecule has 1 saturated heterocycles. The molecule has 2 aromatic rings. The van der Waals surface area contributed by atoms with Crippen molar-refractivity contribution in [2.24, 2.45) is 0 Å². The van der Waals surface area contributed by atoms with Crippen molar-refractivity contribution in [1.82, 2.24) is 4.90 Å². The van der Waals surface area contributed by atoms with Crippen LogP contribution in [-0.2, 0) is 9.59 Å². The van der Waals surface area contributed by atoms with Crippen molar-refractivity contribution in [1.29, 1.82) is 0 Å². The van der Waals surface area contributed by atoms with E-state index in [1.807, 2.05) is 6.07 Å². The summed E-state index contributed by atoms with van der Waals surface area (Å²) in [6.07, 6.45) is 0. The van der Waals surface area contributed by atoms with Crippen LogP contribution in [0.5, 0.6) is 0 Å². The first kappa shape index (κ1) is 16.9. The summed E-state index contributed by atoms with van der Waals surface area (Å²) < 4.78 is 0. The standard InChI is InChI=1S/C18H13ClN2O4/c1-10-7-11(2)9-12(8-10)20-16(23)17(24)21(18(20)25)15(22)13-5-3-4-6-14(13)19/h3-9H,1-2H3. The Labute approximate surface area is 148 Å². The molecule has 2 aromatic carbocycles. The Morgan fingerprint density at radius 3 is 2.12 bits per heavy atom. The zero-order valence-electron chi connectivity index (χ0n) is 13.4. The Kier molecular flexibility index (Phi) is 4.14. The van der Waals surface area contributed by atoms with Crippen LogP contribution in [0.3, 0.4) is 0 Å². The second-order valence-corrected chi connectivity index (χ2v) is 6.10. The molecule has 0 aliphatic carbocycles. The molecule has 0 aromatic heterocycles. The van der Waals surface area contributed by atoms with Gasteiger partial charge in [0.25, 0.3) is 5.91 Å². The molecule has 0 spiro atoms. The van der Waals surface area contributed by atoms with E-state index in [0.717, 1.165) is 11.1 Å². The lowest BCUT2D eigenvalue weighted by atomic mass is 10.1. The van der Waals surface area contributed by atoms with E-state index in [1.165, 1.54) is 12.1 Å². The predicted molar refractivity (Wildman–Crippen MR) is 91.4 cm³/mol. The van der Waals surface area contributed by atoms with Gasteiger partial charge in [0.2, 0.25) is 0 Å². The van der Waals surface area contributed by atoms with Gasteiger partial charge in [-0.05, 0) is 49.2 Å². The molecule has 7 heteroatoms. The third-order valence-electron chi connectivity index (χ3n) is 3.74. The maximum absolute atomic E-state index is 12.6. The van der Waals surface area contributed by atoms with Gasteiger partial charge in [0.1, 0.15) is 0 Å². The number of aryl methyl sites for hydroxylation is 2. The minimum Gasteiger partial charge on any atom is -0.268 e. The van der Waals surface area contributed by atoms with E-state index in [1.54, 1.807) is 38.1 Å². The maximum atomic E-state index is 12.6. The molecule has 126 valence electrons. The maximum Gasteiger partial charge on any atom is 0.346 e. The number of hydrogen-bond donors (Lipinski definition) is 0. The number of halogens is 1. The zero-order chi connectivity index (χ0) is 18.3. The second kappa shape index (κ2) is 6.14. The number of rotatable bonds is 2. The van der Waals surface area contributed by atoms with Crippen LogP contribution in [-0.4, -0.2) is 28.7 Å². The molecule has 1 aliphatic rings. The number of benzene rings is 2. The van der Waals surface area contributed by atoms with Gasteiger partial charge in [0.15, 0.2) is 0 Å². The fourth-order valence-corrected chi connectivity index (χ4v) is 2.92. The van der Waals surface area contributed by atoms with E-state index in [2.05, 4.69) is 0 Å². The van der Waals surface area contributed by atoms with Gasteiger partial charge in [0.05, 0.1) is 16.3 Å². The average molecular weight is 357 g/mol. The number of nitrogens with zero attached hydrogens (tertiary/aromatic N) is 2. The van der Waals surface area contributed by atoms with Gasteiger partial charge in [-0.2, -0.15) is 4.90 Å². The van der Waals surface area contributed by atoms with E-state index in [0.29, 0.717) is 9.80 Å². The number of carbonyl (C=O) groups excluding carboxylic acids is 4. The summed E-state index contributed by atoms with van der Waals surface area (Å²) in [7, 11) is 0. The number of carbonyl (C=O) groups is 4. The molecule has 6 nitrogen and oxygen atoms in total. The van der Waals surface area contributed by atoms with E-state index >= 15 is 0 Å². The number of amides is 5. The Morgan fingerprint density at radius 1 is 0.920 bits per heavy atom. The van der Waals surface area contributed by atoms with Gasteiger partial charge in [-0.15, -0.1) is 0 Å². The Bertz CT molecular complexity index is 918. The molecule has 0 atom stereocenters. The molecule has 1 fully saturated rings. The van der Waals surface area contributed by atoms with Crippen molar-refractivity contribution in [2.75, 3.05) is 4.90 Å². The third-order valence-corrected chi connectivity index (χ3v) is 4.07. The van der Waals surface area contributed by atoms with Crippen LogP contribution in [0.15, 0.2) is 42.5 Å². The monoisotopic (exact) mass is 356 g/mol. The molecule has 0 saturated carbocycles. The van der Waals surface area contributed by atoms with Crippen molar-refractivity contribution < 1.29 is 19.2 Å². The van der Waals surface area contributed by atoms with Crippen molar-refractivity contribution >= 4 is 41.0 Å². The molecule has 5 amide bonds. The minimum absolute atomic E-state index is 0.0269. The molecular weight excluding hydrogens is 344 g/mol. The van der Waals surface area contributed by atoms with Gasteiger partial charge < -0.3 is 0 Å². The van der Waals surface area contributed by atoms with Crippen LogP contribution in [0.4, 0.5) is 10.5 Å². The molecule has 0 unspecified atom stereocenters. The van der Waals surface area contributed by atoms with E-state index in [4.69, 9.17) is 11.6 Å². The topological polar surface area (TPSA) is 74.8 Å². The minimum atomic E-state index is -1.20. The first-order valence-corrected chi connectivity index (χ1v) is 7.78. The number of imide groups is 4. The van der Waals surface area contributed by atoms with E-state index < -0.39 is 23.8 Å². The van der Waals surface area contributed by atoms with E-state index in [9.17, 15) is 19.2 Å². The van der Waals surface area contributed by atoms with Crippen molar-refractivity contribution in [3.8, 4) is 0 Å². The van der Waals surface area contributed by atoms with Crippen LogP contribution in [0.2, 0.25) is 5.02 Å². The zero-order valence-corrected chi connectivity index (χ0v) is 14.2. The highest BCUT2D eigenvalue weighted by Crippen LogP contribution is 2.27. The summed E-state index contributed by atoms with van der Waals surface area (Å²) in [5.41, 5.74) is 1.86. The predicted octanol–water partition coefficient (Wildman–Crippen LogP) is 3.09. The average Bonchev–Trinajstić information content (AvgIpc) is 2.76. The lowest BCUT2D eigenvalue weighted by molar-refractivity contribution is -0.138. The van der Waals surface area contributed by atoms with E-state index in [-0.39, 0.29) is 16.3 Å². The molecule has 0 radical (unpaired) electrons. The molecule has 1 heterocycles. The number of hydrogen-bond acceptors (Lipinski definition) is 4. The summed E-state index contributed by atoms with van der Waals surface area (Å²) >= 11 is 5.96. The molecule has 0 bridgehead atoms. The third kappa shape index (κ3) is 2.81. The summed E-state index contributed by atoms with van der Waals surface area (Å²) in [6, 6.07) is 10.1.